The van der Waals surface area contributed by atoms with Crippen molar-refractivity contribution in [2.75, 3.05) is 19.7 Å². The summed E-state index contributed by atoms with van der Waals surface area (Å²) < 4.78 is 70.0. The van der Waals surface area contributed by atoms with Crippen molar-refractivity contribution in [1.29, 1.82) is 0 Å². The molecule has 168 valence electrons. The largest absolute Gasteiger partial charge is 0.484 e. The minimum Gasteiger partial charge on any atom is -0.484 e. The van der Waals surface area contributed by atoms with Gasteiger partial charge in [-0.25, -0.2) is 4.39 Å². The molecule has 2 heterocycles. The number of likely N-dealkylation sites (tertiary alicyclic amines) is 1. The Kier molecular flexibility index (Phi) is 5.77. The molecule has 1 fully saturated rings. The normalized spacial score (nSPS) is 14.1. The average Bonchev–Trinajstić information content (AvgIpc) is 3.29. The summed E-state index contributed by atoms with van der Waals surface area (Å²) in [5.41, 5.74) is -1.53. The van der Waals surface area contributed by atoms with E-state index in [2.05, 4.69) is 0 Å². The van der Waals surface area contributed by atoms with Gasteiger partial charge in [-0.05, 0) is 37.1 Å². The van der Waals surface area contributed by atoms with Gasteiger partial charge in [0.05, 0.1) is 5.39 Å². The Labute approximate surface area is 178 Å². The lowest BCUT2D eigenvalue weighted by Crippen LogP contribution is -2.32. The second-order valence-electron chi connectivity index (χ2n) is 7.15. The van der Waals surface area contributed by atoms with Crippen molar-refractivity contribution >= 4 is 16.9 Å². The summed E-state index contributed by atoms with van der Waals surface area (Å²) in [5, 5.41) is -0.220. The number of benzene rings is 2. The molecule has 0 spiro atoms. The number of ether oxygens (including phenoxy) is 2. The van der Waals surface area contributed by atoms with Crippen LogP contribution in [0.5, 0.6) is 17.2 Å². The lowest BCUT2D eigenvalue weighted by atomic mass is 10.2. The van der Waals surface area contributed by atoms with Crippen molar-refractivity contribution < 1.29 is 36.2 Å². The highest BCUT2D eigenvalue weighted by Gasteiger charge is 2.40. The number of hydrogen-bond acceptors (Lipinski definition) is 5. The lowest BCUT2D eigenvalue weighted by Gasteiger charge is -2.16. The van der Waals surface area contributed by atoms with E-state index < -0.39 is 40.3 Å². The molecular formula is C22H17F4NO5. The maximum Gasteiger partial charge on any atom is 0.453 e. The molecular weight excluding hydrogens is 434 g/mol. The zero-order chi connectivity index (χ0) is 22.9. The molecule has 1 aliphatic heterocycles. The molecule has 32 heavy (non-hydrogen) atoms. The highest BCUT2D eigenvalue weighted by Crippen LogP contribution is 2.39. The van der Waals surface area contributed by atoms with E-state index in [1.165, 1.54) is 24.3 Å². The molecule has 0 saturated carbocycles. The van der Waals surface area contributed by atoms with E-state index in [0.29, 0.717) is 13.1 Å². The lowest BCUT2D eigenvalue weighted by molar-refractivity contribution is -0.154. The zero-order valence-corrected chi connectivity index (χ0v) is 16.6. The maximum atomic E-state index is 13.9. The number of rotatable bonds is 5. The van der Waals surface area contributed by atoms with E-state index >= 15 is 0 Å². The summed E-state index contributed by atoms with van der Waals surface area (Å²) in [6.45, 7) is 0.972. The monoisotopic (exact) mass is 451 g/mol. The van der Waals surface area contributed by atoms with Crippen molar-refractivity contribution in [1.82, 2.24) is 4.90 Å². The molecule has 2 aromatic carbocycles. The van der Waals surface area contributed by atoms with Gasteiger partial charge in [0.1, 0.15) is 11.3 Å². The summed E-state index contributed by atoms with van der Waals surface area (Å²) in [4.78, 5) is 26.5. The van der Waals surface area contributed by atoms with Gasteiger partial charge < -0.3 is 18.8 Å². The predicted molar refractivity (Wildman–Crippen MR) is 105 cm³/mol. The summed E-state index contributed by atoms with van der Waals surface area (Å²) in [6, 6.07) is 8.37. The molecule has 0 atom stereocenters. The Morgan fingerprint density at radius 1 is 1.09 bits per heavy atom. The molecule has 0 unspecified atom stereocenters. The van der Waals surface area contributed by atoms with E-state index in [-0.39, 0.29) is 23.6 Å². The van der Waals surface area contributed by atoms with Gasteiger partial charge in [-0.15, -0.1) is 0 Å². The molecule has 0 N–H and O–H groups in total. The van der Waals surface area contributed by atoms with Crippen molar-refractivity contribution in [3.63, 3.8) is 0 Å². The van der Waals surface area contributed by atoms with E-state index in [1.54, 1.807) is 4.90 Å². The molecule has 1 aromatic heterocycles. The van der Waals surface area contributed by atoms with E-state index in [4.69, 9.17) is 13.9 Å². The van der Waals surface area contributed by atoms with Crippen LogP contribution >= 0.6 is 0 Å². The molecule has 6 nitrogen and oxygen atoms in total. The predicted octanol–water partition coefficient (Wildman–Crippen LogP) is 4.74. The molecule has 3 aromatic rings. The van der Waals surface area contributed by atoms with Gasteiger partial charge in [-0.3, -0.25) is 9.59 Å². The van der Waals surface area contributed by atoms with E-state index in [1.807, 2.05) is 0 Å². The summed E-state index contributed by atoms with van der Waals surface area (Å²) in [5.74, 6) is -4.55. The Balaban J connectivity index is 1.68. The Bertz CT molecular complexity index is 1220. The third-order valence-corrected chi connectivity index (χ3v) is 4.95. The van der Waals surface area contributed by atoms with Gasteiger partial charge in [0.25, 0.3) is 11.7 Å². The number of alkyl halides is 3. The Hall–Kier alpha value is -3.56. The first kappa shape index (κ1) is 21.7. The Morgan fingerprint density at radius 2 is 1.81 bits per heavy atom. The molecule has 1 amide bonds. The van der Waals surface area contributed by atoms with Crippen LogP contribution in [-0.2, 0) is 11.0 Å². The highest BCUT2D eigenvalue weighted by atomic mass is 19.4. The van der Waals surface area contributed by atoms with E-state index in [0.717, 1.165) is 31.0 Å². The van der Waals surface area contributed by atoms with Gasteiger partial charge in [-0.1, -0.05) is 12.1 Å². The van der Waals surface area contributed by atoms with Crippen LogP contribution in [0, 0.1) is 5.82 Å². The van der Waals surface area contributed by atoms with Gasteiger partial charge in [0, 0.05) is 19.2 Å². The molecule has 10 heteroatoms. The Morgan fingerprint density at radius 3 is 2.50 bits per heavy atom. The van der Waals surface area contributed by atoms with Crippen molar-refractivity contribution in [2.24, 2.45) is 0 Å². The van der Waals surface area contributed by atoms with Crippen LogP contribution < -0.4 is 14.9 Å². The highest BCUT2D eigenvalue weighted by molar-refractivity contribution is 5.81. The summed E-state index contributed by atoms with van der Waals surface area (Å²) in [7, 11) is 0. The topological polar surface area (TPSA) is 69.0 Å². The van der Waals surface area contributed by atoms with Crippen LogP contribution in [0.4, 0.5) is 17.6 Å². The second kappa shape index (κ2) is 8.52. The fourth-order valence-electron chi connectivity index (χ4n) is 3.37. The van der Waals surface area contributed by atoms with Crippen LogP contribution in [0.1, 0.15) is 18.6 Å². The number of para-hydroxylation sites is 1. The first-order valence-electron chi connectivity index (χ1n) is 9.75. The number of nitrogens with zero attached hydrogens (tertiary/aromatic N) is 1. The van der Waals surface area contributed by atoms with Crippen LogP contribution in [0.15, 0.2) is 51.7 Å². The van der Waals surface area contributed by atoms with Crippen LogP contribution in [0.3, 0.4) is 0 Å². The molecule has 1 saturated heterocycles. The third kappa shape index (κ3) is 4.39. The molecule has 0 radical (unpaired) electrons. The number of hydrogen-bond donors (Lipinski definition) is 0. The maximum absolute atomic E-state index is 13.9. The van der Waals surface area contributed by atoms with Crippen molar-refractivity contribution in [3.8, 4) is 17.2 Å². The number of carbonyl (C=O) groups excluding carboxylic acids is 1. The smallest absolute Gasteiger partial charge is 0.453 e. The van der Waals surface area contributed by atoms with Gasteiger partial charge >= 0.3 is 6.18 Å². The van der Waals surface area contributed by atoms with Crippen molar-refractivity contribution in [2.45, 2.75) is 19.0 Å². The summed E-state index contributed by atoms with van der Waals surface area (Å²) in [6.07, 6.45) is -3.27. The first-order chi connectivity index (χ1) is 15.2. The molecule has 1 aliphatic rings. The molecule has 0 aliphatic carbocycles. The fourth-order valence-corrected chi connectivity index (χ4v) is 3.37. The molecule has 4 rings (SSSR count). The number of amides is 1. The van der Waals surface area contributed by atoms with Gasteiger partial charge in [0.2, 0.25) is 11.2 Å². The summed E-state index contributed by atoms with van der Waals surface area (Å²) >= 11 is 0. The van der Waals surface area contributed by atoms with Crippen LogP contribution in [0.25, 0.3) is 11.0 Å². The fraction of sp³-hybridized carbons (Fsp3) is 0.273. The third-order valence-electron chi connectivity index (χ3n) is 4.95. The number of halogens is 4. The first-order valence-corrected chi connectivity index (χ1v) is 9.75. The standard InChI is InChI=1S/C22H17F4NO5/c23-15-5-1-2-6-16(15)31-20-19(29)14-8-7-13(11-17(14)32-21(20)22(24,25)26)30-12-18(28)27-9-3-4-10-27/h1-2,5-8,11H,3-4,9-10,12H2. The second-order valence-corrected chi connectivity index (χ2v) is 7.15. The van der Waals surface area contributed by atoms with Crippen molar-refractivity contribution in [3.05, 3.63) is 64.3 Å². The van der Waals surface area contributed by atoms with Gasteiger partial charge in [-0.2, -0.15) is 13.2 Å². The zero-order valence-electron chi connectivity index (χ0n) is 16.6. The van der Waals surface area contributed by atoms with Crippen LogP contribution in [-0.4, -0.2) is 30.5 Å². The number of carbonyl (C=O) groups is 1. The average molecular weight is 451 g/mol. The van der Waals surface area contributed by atoms with E-state index in [9.17, 15) is 27.2 Å². The number of fused-ring (bicyclic) bond motifs is 1. The van der Waals surface area contributed by atoms with Gasteiger partial charge in [0.15, 0.2) is 18.2 Å². The quantitative estimate of drug-likeness (QED) is 0.524. The van der Waals surface area contributed by atoms with Crippen LogP contribution in [0.2, 0.25) is 0 Å². The minimum atomic E-state index is -5.09. The SMILES string of the molecule is O=C(COc1ccc2c(=O)c(Oc3ccccc3F)c(C(F)(F)F)oc2c1)N1CCCC1. The molecule has 0 bridgehead atoms. The minimum absolute atomic E-state index is 0.0593.